The van der Waals surface area contributed by atoms with Crippen molar-refractivity contribution < 1.29 is 9.72 Å². The predicted octanol–water partition coefficient (Wildman–Crippen LogP) is 3.31. The van der Waals surface area contributed by atoms with Crippen molar-refractivity contribution in [1.82, 2.24) is 0 Å². The van der Waals surface area contributed by atoms with E-state index in [4.69, 9.17) is 0 Å². The van der Waals surface area contributed by atoms with Crippen LogP contribution in [0.15, 0.2) is 54.6 Å². The Balaban J connectivity index is 2.73. The van der Waals surface area contributed by atoms with Crippen LogP contribution in [0.1, 0.15) is 12.5 Å². The molecule has 1 aromatic carbocycles. The summed E-state index contributed by atoms with van der Waals surface area (Å²) in [5, 5.41) is 10.7. The number of rotatable bonds is 5. The first-order chi connectivity index (χ1) is 8.61. The lowest BCUT2D eigenvalue weighted by molar-refractivity contribution is -0.385. The van der Waals surface area contributed by atoms with Crippen LogP contribution in [0.5, 0.6) is 0 Å². The van der Waals surface area contributed by atoms with Crippen LogP contribution in [-0.2, 0) is 4.79 Å². The SMILES string of the molecule is CC(=O)C=CC=CC=Cc1ccccc1[N+](=O)[O-]. The topological polar surface area (TPSA) is 60.2 Å². The fourth-order valence-electron chi connectivity index (χ4n) is 1.27. The zero-order valence-corrected chi connectivity index (χ0v) is 9.95. The largest absolute Gasteiger partial charge is 0.295 e. The number of nitrogens with zero attached hydrogens (tertiary/aromatic N) is 1. The Bertz CT molecular complexity index is 528. The van der Waals surface area contributed by atoms with Crippen LogP contribution < -0.4 is 0 Å². The van der Waals surface area contributed by atoms with Gasteiger partial charge in [-0.15, -0.1) is 0 Å². The standard InChI is InChI=1S/C14H13NO3/c1-12(16)8-4-2-3-5-9-13-10-6-7-11-14(13)15(17)18/h2-11H,1H3. The van der Waals surface area contributed by atoms with Crippen molar-refractivity contribution in [2.24, 2.45) is 0 Å². The highest BCUT2D eigenvalue weighted by molar-refractivity contribution is 5.87. The molecule has 0 aliphatic heterocycles. The van der Waals surface area contributed by atoms with Gasteiger partial charge in [0.2, 0.25) is 0 Å². The third kappa shape index (κ3) is 4.57. The van der Waals surface area contributed by atoms with Crippen molar-refractivity contribution >= 4 is 17.5 Å². The van der Waals surface area contributed by atoms with Crippen LogP contribution in [-0.4, -0.2) is 10.7 Å². The minimum Gasteiger partial charge on any atom is -0.295 e. The minimum atomic E-state index is -0.418. The van der Waals surface area contributed by atoms with E-state index in [1.807, 2.05) is 0 Å². The molecular formula is C14H13NO3. The summed E-state index contributed by atoms with van der Waals surface area (Å²) in [6, 6.07) is 6.50. The number of nitro groups is 1. The van der Waals surface area contributed by atoms with Gasteiger partial charge in [0.15, 0.2) is 5.78 Å². The molecule has 0 aliphatic carbocycles. The summed E-state index contributed by atoms with van der Waals surface area (Å²) in [4.78, 5) is 20.9. The van der Waals surface area contributed by atoms with Gasteiger partial charge in [-0.25, -0.2) is 0 Å². The molecule has 4 heteroatoms. The van der Waals surface area contributed by atoms with Crippen LogP contribution in [0, 0.1) is 10.1 Å². The third-order valence-electron chi connectivity index (χ3n) is 2.07. The van der Waals surface area contributed by atoms with Crippen LogP contribution >= 0.6 is 0 Å². The van der Waals surface area contributed by atoms with E-state index in [1.165, 1.54) is 19.1 Å². The summed E-state index contributed by atoms with van der Waals surface area (Å²) in [5.74, 6) is -0.0256. The Labute approximate surface area is 105 Å². The second-order valence-electron chi connectivity index (χ2n) is 3.53. The van der Waals surface area contributed by atoms with Gasteiger partial charge in [0.1, 0.15) is 0 Å². The first-order valence-corrected chi connectivity index (χ1v) is 5.36. The highest BCUT2D eigenvalue weighted by atomic mass is 16.6. The van der Waals surface area contributed by atoms with E-state index in [-0.39, 0.29) is 11.5 Å². The Morgan fingerprint density at radius 1 is 1.17 bits per heavy atom. The van der Waals surface area contributed by atoms with Crippen molar-refractivity contribution in [3.63, 3.8) is 0 Å². The monoisotopic (exact) mass is 243 g/mol. The van der Waals surface area contributed by atoms with Crippen LogP contribution in [0.25, 0.3) is 6.08 Å². The normalized spacial score (nSPS) is 11.6. The molecule has 0 atom stereocenters. The molecule has 1 rings (SSSR count). The van der Waals surface area contributed by atoms with Gasteiger partial charge in [0.05, 0.1) is 10.5 Å². The Morgan fingerprint density at radius 2 is 1.83 bits per heavy atom. The van der Waals surface area contributed by atoms with Crippen molar-refractivity contribution in [1.29, 1.82) is 0 Å². The number of hydrogen-bond donors (Lipinski definition) is 0. The van der Waals surface area contributed by atoms with Gasteiger partial charge in [-0.05, 0) is 25.1 Å². The van der Waals surface area contributed by atoms with Crippen molar-refractivity contribution in [3.8, 4) is 0 Å². The van der Waals surface area contributed by atoms with Gasteiger partial charge in [-0.3, -0.25) is 14.9 Å². The Morgan fingerprint density at radius 3 is 2.50 bits per heavy atom. The molecule has 0 heterocycles. The maximum atomic E-state index is 10.7. The first-order valence-electron chi connectivity index (χ1n) is 5.36. The van der Waals surface area contributed by atoms with Crippen LogP contribution in [0.2, 0.25) is 0 Å². The lowest BCUT2D eigenvalue weighted by atomic mass is 10.1. The zero-order chi connectivity index (χ0) is 13.4. The number of carbonyl (C=O) groups is 1. The molecule has 0 aromatic heterocycles. The predicted molar refractivity (Wildman–Crippen MR) is 71.1 cm³/mol. The highest BCUT2D eigenvalue weighted by Gasteiger charge is 2.08. The summed E-state index contributed by atoms with van der Waals surface area (Å²) < 4.78 is 0. The molecule has 18 heavy (non-hydrogen) atoms. The van der Waals surface area contributed by atoms with Gasteiger partial charge < -0.3 is 0 Å². The average Bonchev–Trinajstić information content (AvgIpc) is 2.33. The molecule has 0 radical (unpaired) electrons. The number of nitro benzene ring substituents is 1. The molecule has 0 unspecified atom stereocenters. The van der Waals surface area contributed by atoms with E-state index >= 15 is 0 Å². The second kappa shape index (κ2) is 6.96. The maximum Gasteiger partial charge on any atom is 0.276 e. The molecule has 1 aromatic rings. The number of hydrogen-bond acceptors (Lipinski definition) is 3. The number of ketones is 1. The molecule has 92 valence electrons. The third-order valence-corrected chi connectivity index (χ3v) is 2.07. The van der Waals surface area contributed by atoms with Crippen LogP contribution in [0.4, 0.5) is 5.69 Å². The van der Waals surface area contributed by atoms with E-state index in [2.05, 4.69) is 0 Å². The van der Waals surface area contributed by atoms with Crippen molar-refractivity contribution in [2.45, 2.75) is 6.92 Å². The molecular weight excluding hydrogens is 230 g/mol. The molecule has 0 bridgehead atoms. The van der Waals surface area contributed by atoms with E-state index in [9.17, 15) is 14.9 Å². The summed E-state index contributed by atoms with van der Waals surface area (Å²) in [5.41, 5.74) is 0.615. The summed E-state index contributed by atoms with van der Waals surface area (Å²) in [6.07, 6.45) is 9.78. The van der Waals surface area contributed by atoms with Gasteiger partial charge in [-0.2, -0.15) is 0 Å². The van der Waals surface area contributed by atoms with Gasteiger partial charge in [0, 0.05) is 6.07 Å². The summed E-state index contributed by atoms with van der Waals surface area (Å²) in [6.45, 7) is 1.47. The molecule has 0 spiro atoms. The smallest absolute Gasteiger partial charge is 0.276 e. The minimum absolute atomic E-state index is 0.0256. The average molecular weight is 243 g/mol. The first kappa shape index (κ1) is 13.6. The fraction of sp³-hybridized carbons (Fsp3) is 0.0714. The quantitative estimate of drug-likeness (QED) is 0.345. The summed E-state index contributed by atoms with van der Waals surface area (Å²) in [7, 11) is 0. The van der Waals surface area contributed by atoms with E-state index in [0.717, 1.165) is 0 Å². The Kier molecular flexibility index (Phi) is 5.25. The molecule has 0 saturated heterocycles. The van der Waals surface area contributed by atoms with Gasteiger partial charge in [-0.1, -0.05) is 36.4 Å². The molecule has 0 aliphatic rings. The molecule has 0 amide bonds. The van der Waals surface area contributed by atoms with E-state index in [0.29, 0.717) is 5.56 Å². The molecule has 0 saturated carbocycles. The number of para-hydroxylation sites is 1. The molecule has 4 nitrogen and oxygen atoms in total. The van der Waals surface area contributed by atoms with Gasteiger partial charge in [0.25, 0.3) is 5.69 Å². The number of carbonyl (C=O) groups excluding carboxylic acids is 1. The summed E-state index contributed by atoms with van der Waals surface area (Å²) >= 11 is 0. The zero-order valence-electron chi connectivity index (χ0n) is 9.95. The fourth-order valence-corrected chi connectivity index (χ4v) is 1.27. The lowest BCUT2D eigenvalue weighted by Crippen LogP contribution is -1.90. The Hall–Kier alpha value is -2.49. The van der Waals surface area contributed by atoms with Crippen LogP contribution in [0.3, 0.4) is 0 Å². The number of allylic oxidation sites excluding steroid dienone is 5. The second-order valence-corrected chi connectivity index (χ2v) is 3.53. The van der Waals surface area contributed by atoms with Gasteiger partial charge >= 0.3 is 0 Å². The highest BCUT2D eigenvalue weighted by Crippen LogP contribution is 2.18. The molecule has 0 N–H and O–H groups in total. The molecule has 0 fully saturated rings. The van der Waals surface area contributed by atoms with Crippen molar-refractivity contribution in [3.05, 3.63) is 70.3 Å². The van der Waals surface area contributed by atoms with E-state index < -0.39 is 4.92 Å². The van der Waals surface area contributed by atoms with E-state index in [1.54, 1.807) is 48.6 Å². The van der Waals surface area contributed by atoms with Crippen molar-refractivity contribution in [2.75, 3.05) is 0 Å². The number of benzene rings is 1. The maximum absolute atomic E-state index is 10.7. The lowest BCUT2D eigenvalue weighted by Gasteiger charge is -1.94.